The van der Waals surface area contributed by atoms with Gasteiger partial charge in [0.1, 0.15) is 0 Å². The van der Waals surface area contributed by atoms with Crippen molar-refractivity contribution in [2.45, 2.75) is 86.9 Å². The van der Waals surface area contributed by atoms with E-state index in [-0.39, 0.29) is 0 Å². The summed E-state index contributed by atoms with van der Waals surface area (Å²) in [7, 11) is 0. The van der Waals surface area contributed by atoms with Crippen molar-refractivity contribution in [3.05, 3.63) is 23.3 Å². The van der Waals surface area contributed by atoms with E-state index < -0.39 is 0 Å². The Kier molecular flexibility index (Phi) is 8.73. The van der Waals surface area contributed by atoms with Gasteiger partial charge in [-0.1, -0.05) is 64.8 Å². The van der Waals surface area contributed by atoms with Gasteiger partial charge in [-0.3, -0.25) is 0 Å². The van der Waals surface area contributed by atoms with E-state index in [0.29, 0.717) is 29.5 Å². The minimum atomic E-state index is 0.290. The lowest BCUT2D eigenvalue weighted by Gasteiger charge is -2.32. The van der Waals surface area contributed by atoms with Crippen molar-refractivity contribution < 1.29 is 4.74 Å². The molecule has 4 atom stereocenters. The van der Waals surface area contributed by atoms with Crippen LogP contribution < -0.4 is 5.32 Å². The molecule has 0 saturated heterocycles. The van der Waals surface area contributed by atoms with Gasteiger partial charge in [-0.05, 0) is 56.9 Å². The number of hydrogen-bond donors (Lipinski definition) is 1. The van der Waals surface area contributed by atoms with Gasteiger partial charge >= 0.3 is 0 Å². The number of allylic oxidation sites excluding steroid dienone is 4. The van der Waals surface area contributed by atoms with Crippen LogP contribution in [-0.2, 0) is 4.74 Å². The van der Waals surface area contributed by atoms with Crippen LogP contribution in [0, 0.1) is 17.3 Å². The summed E-state index contributed by atoms with van der Waals surface area (Å²) in [5.74, 6) is 1.35. The molecule has 1 N–H and O–H groups in total. The van der Waals surface area contributed by atoms with Gasteiger partial charge in [-0.15, -0.1) is 0 Å². The van der Waals surface area contributed by atoms with Crippen molar-refractivity contribution in [2.24, 2.45) is 17.3 Å². The minimum absolute atomic E-state index is 0.290. The highest BCUT2D eigenvalue weighted by atomic mass is 16.5. The van der Waals surface area contributed by atoms with Crippen LogP contribution in [0.1, 0.15) is 74.7 Å². The Hall–Kier alpha value is -0.600. The lowest BCUT2D eigenvalue weighted by molar-refractivity contribution is 0.00721. The monoisotopic (exact) mass is 335 g/mol. The summed E-state index contributed by atoms with van der Waals surface area (Å²) >= 11 is 0. The van der Waals surface area contributed by atoms with Gasteiger partial charge in [0.05, 0.1) is 12.2 Å². The van der Waals surface area contributed by atoms with Gasteiger partial charge in [-0.2, -0.15) is 0 Å². The summed E-state index contributed by atoms with van der Waals surface area (Å²) in [6.07, 6.45) is 8.91. The first-order chi connectivity index (χ1) is 11.1. The Balaban J connectivity index is 2.37. The number of nitrogens with one attached hydrogen (secondary N) is 1. The molecule has 0 saturated carbocycles. The van der Waals surface area contributed by atoms with Gasteiger partial charge in [0.2, 0.25) is 0 Å². The second-order valence-corrected chi connectivity index (χ2v) is 8.94. The average molecular weight is 336 g/mol. The summed E-state index contributed by atoms with van der Waals surface area (Å²) in [5.41, 5.74) is 3.49. The largest absolute Gasteiger partial charge is 0.374 e. The van der Waals surface area contributed by atoms with E-state index in [2.05, 4.69) is 72.9 Å². The van der Waals surface area contributed by atoms with Crippen molar-refractivity contribution in [1.29, 1.82) is 0 Å². The fourth-order valence-corrected chi connectivity index (χ4v) is 3.68. The Morgan fingerprint density at radius 2 is 1.79 bits per heavy atom. The SMILES string of the molecule is CCC(C)OC(C)CNCC(C)CC1=CC=C(C(C)(C)C)C(C)C1. The molecule has 0 aromatic heterocycles. The summed E-state index contributed by atoms with van der Waals surface area (Å²) < 4.78 is 5.91. The molecule has 2 nitrogen and oxygen atoms in total. The second-order valence-electron chi connectivity index (χ2n) is 8.94. The van der Waals surface area contributed by atoms with E-state index >= 15 is 0 Å². The van der Waals surface area contributed by atoms with Gasteiger partial charge in [-0.25, -0.2) is 0 Å². The molecule has 1 aliphatic carbocycles. The van der Waals surface area contributed by atoms with E-state index in [4.69, 9.17) is 4.74 Å². The molecule has 140 valence electrons. The van der Waals surface area contributed by atoms with Crippen molar-refractivity contribution in [1.82, 2.24) is 5.32 Å². The van der Waals surface area contributed by atoms with Gasteiger partial charge < -0.3 is 10.1 Å². The highest BCUT2D eigenvalue weighted by Crippen LogP contribution is 2.38. The molecule has 1 aliphatic rings. The molecule has 0 aliphatic heterocycles. The van der Waals surface area contributed by atoms with Crippen molar-refractivity contribution in [3.63, 3.8) is 0 Å². The number of ether oxygens (including phenoxy) is 1. The van der Waals surface area contributed by atoms with Crippen molar-refractivity contribution in [3.8, 4) is 0 Å². The average Bonchev–Trinajstić information content (AvgIpc) is 2.45. The Morgan fingerprint density at radius 1 is 1.12 bits per heavy atom. The molecule has 0 amide bonds. The Labute approximate surface area is 151 Å². The molecular formula is C22H41NO. The maximum absolute atomic E-state index is 5.91. The lowest BCUT2D eigenvalue weighted by Crippen LogP contribution is -2.32. The molecule has 0 radical (unpaired) electrons. The van der Waals surface area contributed by atoms with Crippen LogP contribution in [0.5, 0.6) is 0 Å². The maximum Gasteiger partial charge on any atom is 0.0674 e. The third-order valence-electron chi connectivity index (χ3n) is 5.04. The molecule has 0 heterocycles. The summed E-state index contributed by atoms with van der Waals surface area (Å²) in [6.45, 7) is 20.2. The number of rotatable bonds is 9. The summed E-state index contributed by atoms with van der Waals surface area (Å²) in [5, 5.41) is 3.58. The maximum atomic E-state index is 5.91. The highest BCUT2D eigenvalue weighted by molar-refractivity contribution is 5.29. The fraction of sp³-hybridized carbons (Fsp3) is 0.818. The van der Waals surface area contributed by atoms with Crippen LogP contribution >= 0.6 is 0 Å². The predicted molar refractivity (Wildman–Crippen MR) is 106 cm³/mol. The van der Waals surface area contributed by atoms with Crippen molar-refractivity contribution >= 4 is 0 Å². The highest BCUT2D eigenvalue weighted by Gasteiger charge is 2.25. The zero-order chi connectivity index (χ0) is 18.3. The first-order valence-electron chi connectivity index (χ1n) is 9.89. The topological polar surface area (TPSA) is 21.3 Å². The Bertz CT molecular complexity index is 430. The van der Waals surface area contributed by atoms with Gasteiger partial charge in [0.25, 0.3) is 0 Å². The first-order valence-corrected chi connectivity index (χ1v) is 9.89. The standard InChI is InChI=1S/C22H41NO/c1-9-18(4)24-19(5)15-23-14-16(2)12-20-10-11-21(17(3)13-20)22(6,7)8/h10-11,16-19,23H,9,12-15H2,1-8H3. The molecule has 0 aromatic carbocycles. The van der Waals surface area contributed by atoms with E-state index in [1.807, 2.05) is 0 Å². The van der Waals surface area contributed by atoms with E-state index in [1.54, 1.807) is 11.1 Å². The molecule has 2 heteroatoms. The third kappa shape index (κ3) is 7.53. The number of hydrogen-bond acceptors (Lipinski definition) is 2. The third-order valence-corrected chi connectivity index (χ3v) is 5.04. The van der Waals surface area contributed by atoms with Crippen LogP contribution in [0.15, 0.2) is 23.3 Å². The second kappa shape index (κ2) is 9.77. The molecular weight excluding hydrogens is 294 g/mol. The van der Waals surface area contributed by atoms with E-state index in [0.717, 1.165) is 19.5 Å². The quantitative estimate of drug-likeness (QED) is 0.579. The van der Waals surface area contributed by atoms with Crippen LogP contribution in [0.2, 0.25) is 0 Å². The van der Waals surface area contributed by atoms with Gasteiger partial charge in [0.15, 0.2) is 0 Å². The summed E-state index contributed by atoms with van der Waals surface area (Å²) in [4.78, 5) is 0. The normalized spacial score (nSPS) is 22.6. The molecule has 1 rings (SSSR count). The smallest absolute Gasteiger partial charge is 0.0674 e. The first kappa shape index (κ1) is 21.4. The molecule has 4 unspecified atom stereocenters. The van der Waals surface area contributed by atoms with Crippen LogP contribution in [0.25, 0.3) is 0 Å². The molecule has 0 bridgehead atoms. The van der Waals surface area contributed by atoms with Crippen LogP contribution in [-0.4, -0.2) is 25.3 Å². The van der Waals surface area contributed by atoms with Crippen LogP contribution in [0.3, 0.4) is 0 Å². The zero-order valence-electron chi connectivity index (χ0n) is 17.4. The lowest BCUT2D eigenvalue weighted by atomic mass is 9.74. The fourth-order valence-electron chi connectivity index (χ4n) is 3.68. The van der Waals surface area contributed by atoms with E-state index in [9.17, 15) is 0 Å². The molecule has 24 heavy (non-hydrogen) atoms. The summed E-state index contributed by atoms with van der Waals surface area (Å²) in [6, 6.07) is 0. The molecule has 0 fully saturated rings. The van der Waals surface area contributed by atoms with Crippen molar-refractivity contribution in [2.75, 3.05) is 13.1 Å². The predicted octanol–water partition coefficient (Wildman–Crippen LogP) is 5.74. The molecule has 0 aromatic rings. The van der Waals surface area contributed by atoms with Gasteiger partial charge in [0, 0.05) is 6.54 Å². The molecule has 0 spiro atoms. The minimum Gasteiger partial charge on any atom is -0.374 e. The Morgan fingerprint density at radius 3 is 2.33 bits per heavy atom. The van der Waals surface area contributed by atoms with Crippen LogP contribution in [0.4, 0.5) is 0 Å². The van der Waals surface area contributed by atoms with E-state index in [1.165, 1.54) is 12.8 Å². The zero-order valence-corrected chi connectivity index (χ0v) is 17.4.